The van der Waals surface area contributed by atoms with E-state index < -0.39 is 0 Å². The number of anilines is 1. The molecule has 0 saturated heterocycles. The molecular formula is C11H10Cl2N2S. The molecule has 0 unspecified atom stereocenters. The van der Waals surface area contributed by atoms with Gasteiger partial charge in [-0.1, -0.05) is 35.3 Å². The monoisotopic (exact) mass is 272 g/mol. The van der Waals surface area contributed by atoms with Crippen LogP contribution in [0.2, 0.25) is 10.2 Å². The van der Waals surface area contributed by atoms with Gasteiger partial charge in [0.1, 0.15) is 5.15 Å². The second kappa shape index (κ2) is 5.04. The average Bonchev–Trinajstić information content (AvgIpc) is 2.68. The second-order valence-corrected chi connectivity index (χ2v) is 5.10. The first kappa shape index (κ1) is 11.7. The van der Waals surface area contributed by atoms with Gasteiger partial charge in [-0.15, -0.1) is 11.3 Å². The van der Waals surface area contributed by atoms with E-state index in [9.17, 15) is 0 Å². The number of thiazole rings is 1. The standard InChI is InChI=1S/C11H10Cl2N2S/c1-15(11-14-10(13)7-16-11)6-8-2-4-9(12)5-3-8/h2-5,7H,6H2,1H3. The fourth-order valence-corrected chi connectivity index (χ4v) is 2.39. The van der Waals surface area contributed by atoms with Crippen LogP contribution in [-0.2, 0) is 6.54 Å². The van der Waals surface area contributed by atoms with E-state index in [1.54, 1.807) is 0 Å². The third kappa shape index (κ3) is 2.88. The summed E-state index contributed by atoms with van der Waals surface area (Å²) in [7, 11) is 1.99. The van der Waals surface area contributed by atoms with Crippen LogP contribution in [0.4, 0.5) is 5.13 Å². The van der Waals surface area contributed by atoms with E-state index in [4.69, 9.17) is 23.2 Å². The molecule has 5 heteroatoms. The molecule has 0 fully saturated rings. The number of hydrogen-bond acceptors (Lipinski definition) is 3. The van der Waals surface area contributed by atoms with E-state index in [0.717, 1.165) is 16.7 Å². The molecule has 0 aliphatic heterocycles. The van der Waals surface area contributed by atoms with Crippen LogP contribution in [0.5, 0.6) is 0 Å². The zero-order valence-corrected chi connectivity index (χ0v) is 11.0. The van der Waals surface area contributed by atoms with E-state index >= 15 is 0 Å². The van der Waals surface area contributed by atoms with Gasteiger partial charge >= 0.3 is 0 Å². The van der Waals surface area contributed by atoms with Gasteiger partial charge in [-0.2, -0.15) is 0 Å². The maximum Gasteiger partial charge on any atom is 0.186 e. The Kier molecular flexibility index (Phi) is 3.69. The lowest BCUT2D eigenvalue weighted by atomic mass is 10.2. The van der Waals surface area contributed by atoms with Crippen molar-refractivity contribution in [2.75, 3.05) is 11.9 Å². The number of nitrogens with zero attached hydrogens (tertiary/aromatic N) is 2. The zero-order valence-electron chi connectivity index (χ0n) is 8.65. The van der Waals surface area contributed by atoms with Crippen LogP contribution in [0.15, 0.2) is 29.6 Å². The molecule has 0 amide bonds. The summed E-state index contributed by atoms with van der Waals surface area (Å²) in [5, 5.41) is 4.04. The lowest BCUT2D eigenvalue weighted by molar-refractivity contribution is 0.915. The summed E-state index contributed by atoms with van der Waals surface area (Å²) >= 11 is 13.1. The first-order valence-electron chi connectivity index (χ1n) is 4.72. The Balaban J connectivity index is 2.07. The Hall–Kier alpha value is -0.770. The van der Waals surface area contributed by atoms with Crippen molar-refractivity contribution < 1.29 is 0 Å². The molecule has 84 valence electrons. The highest BCUT2D eigenvalue weighted by Crippen LogP contribution is 2.23. The van der Waals surface area contributed by atoms with Gasteiger partial charge in [0.2, 0.25) is 0 Å². The molecule has 0 spiro atoms. The van der Waals surface area contributed by atoms with Crippen LogP contribution >= 0.6 is 34.5 Å². The maximum absolute atomic E-state index is 5.83. The number of aromatic nitrogens is 1. The Labute approximate surface area is 108 Å². The van der Waals surface area contributed by atoms with Crippen molar-refractivity contribution >= 4 is 39.7 Å². The molecule has 1 heterocycles. The highest BCUT2D eigenvalue weighted by molar-refractivity contribution is 7.14. The van der Waals surface area contributed by atoms with Gasteiger partial charge in [-0.05, 0) is 17.7 Å². The molecule has 1 aromatic carbocycles. The van der Waals surface area contributed by atoms with Crippen LogP contribution < -0.4 is 4.90 Å². The summed E-state index contributed by atoms with van der Waals surface area (Å²) in [4.78, 5) is 6.26. The van der Waals surface area contributed by atoms with Crippen molar-refractivity contribution in [2.24, 2.45) is 0 Å². The number of halogens is 2. The molecule has 2 rings (SSSR count). The summed E-state index contributed by atoms with van der Waals surface area (Å²) in [5.74, 6) is 0. The van der Waals surface area contributed by atoms with Gasteiger partial charge in [0.15, 0.2) is 5.13 Å². The third-order valence-corrected chi connectivity index (χ3v) is 3.65. The average molecular weight is 273 g/mol. The maximum atomic E-state index is 5.83. The minimum Gasteiger partial charge on any atom is -0.347 e. The van der Waals surface area contributed by atoms with Crippen LogP contribution in [0, 0.1) is 0 Å². The molecule has 0 bridgehead atoms. The van der Waals surface area contributed by atoms with Gasteiger partial charge in [-0.3, -0.25) is 0 Å². The molecule has 0 radical (unpaired) electrons. The summed E-state index contributed by atoms with van der Waals surface area (Å²) in [6.45, 7) is 0.793. The van der Waals surface area contributed by atoms with E-state index in [2.05, 4.69) is 9.88 Å². The summed E-state index contributed by atoms with van der Waals surface area (Å²) in [6.07, 6.45) is 0. The first-order valence-corrected chi connectivity index (χ1v) is 6.35. The molecule has 16 heavy (non-hydrogen) atoms. The molecule has 0 saturated carbocycles. The number of rotatable bonds is 3. The van der Waals surface area contributed by atoms with E-state index in [-0.39, 0.29) is 0 Å². The molecule has 0 aliphatic rings. The van der Waals surface area contributed by atoms with Gasteiger partial charge < -0.3 is 4.90 Å². The highest BCUT2D eigenvalue weighted by atomic mass is 35.5. The molecule has 0 atom stereocenters. The predicted molar refractivity (Wildman–Crippen MR) is 70.7 cm³/mol. The molecule has 0 aliphatic carbocycles. The van der Waals surface area contributed by atoms with Crippen molar-refractivity contribution in [3.8, 4) is 0 Å². The lowest BCUT2D eigenvalue weighted by Crippen LogP contribution is -2.15. The Morgan fingerprint density at radius 1 is 1.25 bits per heavy atom. The van der Waals surface area contributed by atoms with Crippen molar-refractivity contribution in [3.05, 3.63) is 45.4 Å². The van der Waals surface area contributed by atoms with Gasteiger partial charge in [0.05, 0.1) is 0 Å². The van der Waals surface area contributed by atoms with Crippen molar-refractivity contribution in [1.82, 2.24) is 4.98 Å². The molecule has 2 nitrogen and oxygen atoms in total. The largest absolute Gasteiger partial charge is 0.347 e. The minimum atomic E-state index is 0.544. The minimum absolute atomic E-state index is 0.544. The lowest BCUT2D eigenvalue weighted by Gasteiger charge is -2.15. The summed E-state index contributed by atoms with van der Waals surface area (Å²) in [6, 6.07) is 7.79. The zero-order chi connectivity index (χ0) is 11.5. The summed E-state index contributed by atoms with van der Waals surface area (Å²) < 4.78 is 0. The van der Waals surface area contributed by atoms with Crippen LogP contribution in [-0.4, -0.2) is 12.0 Å². The highest BCUT2D eigenvalue weighted by Gasteiger charge is 2.06. The molecular weight excluding hydrogens is 263 g/mol. The quantitative estimate of drug-likeness (QED) is 0.837. The molecule has 2 aromatic rings. The Morgan fingerprint density at radius 2 is 1.94 bits per heavy atom. The molecule has 1 aromatic heterocycles. The second-order valence-electron chi connectivity index (χ2n) is 3.44. The third-order valence-electron chi connectivity index (χ3n) is 2.12. The number of hydrogen-bond donors (Lipinski definition) is 0. The van der Waals surface area contributed by atoms with Gasteiger partial charge in [0, 0.05) is 24.0 Å². The smallest absolute Gasteiger partial charge is 0.186 e. The SMILES string of the molecule is CN(Cc1ccc(Cl)cc1)c1nc(Cl)cs1. The Bertz CT molecular complexity index is 467. The first-order chi connectivity index (χ1) is 7.65. The van der Waals surface area contributed by atoms with Crippen molar-refractivity contribution in [2.45, 2.75) is 6.54 Å². The Morgan fingerprint density at radius 3 is 2.50 bits per heavy atom. The van der Waals surface area contributed by atoms with Crippen LogP contribution in [0.25, 0.3) is 0 Å². The van der Waals surface area contributed by atoms with Gasteiger partial charge in [0.25, 0.3) is 0 Å². The van der Waals surface area contributed by atoms with Crippen LogP contribution in [0.1, 0.15) is 5.56 Å². The fourth-order valence-electron chi connectivity index (χ4n) is 1.35. The summed E-state index contributed by atoms with van der Waals surface area (Å²) in [5.41, 5.74) is 1.19. The van der Waals surface area contributed by atoms with E-state index in [1.165, 1.54) is 16.9 Å². The fraction of sp³-hybridized carbons (Fsp3) is 0.182. The van der Waals surface area contributed by atoms with Crippen molar-refractivity contribution in [1.29, 1.82) is 0 Å². The predicted octanol–water partition coefficient (Wildman–Crippen LogP) is 4.09. The number of benzene rings is 1. The topological polar surface area (TPSA) is 16.1 Å². The molecule has 0 N–H and O–H groups in total. The van der Waals surface area contributed by atoms with E-state index in [1.807, 2.05) is 36.7 Å². The van der Waals surface area contributed by atoms with Crippen LogP contribution in [0.3, 0.4) is 0 Å². The van der Waals surface area contributed by atoms with Crippen molar-refractivity contribution in [3.63, 3.8) is 0 Å². The van der Waals surface area contributed by atoms with Gasteiger partial charge in [-0.25, -0.2) is 4.98 Å². The normalized spacial score (nSPS) is 10.4. The van der Waals surface area contributed by atoms with E-state index in [0.29, 0.717) is 5.15 Å².